The Morgan fingerprint density at radius 1 is 0.706 bits per heavy atom. The second-order valence-electron chi connectivity index (χ2n) is 9.00. The van der Waals surface area contributed by atoms with Crippen LogP contribution < -0.4 is 0 Å². The Morgan fingerprint density at radius 2 is 1.29 bits per heavy atom. The summed E-state index contributed by atoms with van der Waals surface area (Å²) in [6, 6.07) is 21.5. The van der Waals surface area contributed by atoms with Gasteiger partial charge < -0.3 is 19.7 Å². The van der Waals surface area contributed by atoms with Crippen molar-refractivity contribution in [1.29, 1.82) is 0 Å². The Bertz CT molecular complexity index is 760. The highest BCUT2D eigenvalue weighted by molar-refractivity contribution is 5.22. The molecule has 0 aliphatic heterocycles. The molecule has 0 saturated heterocycles. The molecule has 0 bridgehead atoms. The van der Waals surface area contributed by atoms with Gasteiger partial charge in [0.1, 0.15) is 0 Å². The van der Waals surface area contributed by atoms with Gasteiger partial charge in [0.15, 0.2) is 0 Å². The topological polar surface area (TPSA) is 58.9 Å². The standard InChI is InChI=1S/C30H44O4/c1-26(16-18-30(19-23-34-25-21-32)28-12-6-3-7-13-28)15-17-29(27-10-4-2-5-11-27)14-8-9-22-33-24-20-31/h2-7,10-13,15,29-32H,8-9,14,16-25H2,1H3/b26-15-. The molecule has 2 unspecified atom stereocenters. The molecule has 2 rings (SSSR count). The number of aliphatic hydroxyl groups excluding tert-OH is 2. The summed E-state index contributed by atoms with van der Waals surface area (Å²) in [6.07, 6.45) is 9.95. The lowest BCUT2D eigenvalue weighted by Gasteiger charge is -2.19. The van der Waals surface area contributed by atoms with E-state index in [0.717, 1.165) is 51.6 Å². The Kier molecular flexibility index (Phi) is 15.3. The third-order valence-corrected chi connectivity index (χ3v) is 6.35. The highest BCUT2D eigenvalue weighted by atomic mass is 16.5. The number of benzene rings is 2. The minimum Gasteiger partial charge on any atom is -0.394 e. The van der Waals surface area contributed by atoms with E-state index in [-0.39, 0.29) is 13.2 Å². The summed E-state index contributed by atoms with van der Waals surface area (Å²) >= 11 is 0. The number of hydrogen-bond donors (Lipinski definition) is 2. The van der Waals surface area contributed by atoms with Gasteiger partial charge in [-0.15, -0.1) is 0 Å². The van der Waals surface area contributed by atoms with Crippen LogP contribution in [0.3, 0.4) is 0 Å². The number of hydrogen-bond acceptors (Lipinski definition) is 4. The molecule has 0 spiro atoms. The largest absolute Gasteiger partial charge is 0.394 e. The summed E-state index contributed by atoms with van der Waals surface area (Å²) in [7, 11) is 0. The molecule has 0 saturated carbocycles. The van der Waals surface area contributed by atoms with Gasteiger partial charge in [0, 0.05) is 13.2 Å². The number of unbranched alkanes of at least 4 members (excludes halogenated alkanes) is 1. The first-order valence-electron chi connectivity index (χ1n) is 12.9. The van der Waals surface area contributed by atoms with Crippen molar-refractivity contribution in [2.75, 3.05) is 39.6 Å². The van der Waals surface area contributed by atoms with Crippen LogP contribution in [0.1, 0.15) is 74.8 Å². The SMILES string of the molecule is C/C(=C/CC(CCCCOCCO)c1ccccc1)CCC(CCOCCO)c1ccccc1. The Balaban J connectivity index is 1.89. The maximum atomic E-state index is 8.97. The van der Waals surface area contributed by atoms with Crippen LogP contribution in [0.5, 0.6) is 0 Å². The van der Waals surface area contributed by atoms with Crippen molar-refractivity contribution in [3.63, 3.8) is 0 Å². The van der Waals surface area contributed by atoms with Gasteiger partial charge in [0.25, 0.3) is 0 Å². The molecule has 0 heterocycles. The molecule has 4 nitrogen and oxygen atoms in total. The molecule has 34 heavy (non-hydrogen) atoms. The van der Waals surface area contributed by atoms with Gasteiger partial charge in [-0.3, -0.25) is 0 Å². The van der Waals surface area contributed by atoms with Gasteiger partial charge in [-0.1, -0.05) is 78.7 Å². The van der Waals surface area contributed by atoms with Crippen molar-refractivity contribution in [2.45, 2.75) is 63.7 Å². The third kappa shape index (κ3) is 11.9. The summed E-state index contributed by atoms with van der Waals surface area (Å²) in [5, 5.41) is 17.8. The minimum atomic E-state index is 0.0795. The van der Waals surface area contributed by atoms with Gasteiger partial charge in [-0.05, 0) is 68.4 Å². The number of allylic oxidation sites excluding steroid dienone is 2. The molecule has 0 amide bonds. The predicted octanol–water partition coefficient (Wildman–Crippen LogP) is 6.25. The Morgan fingerprint density at radius 3 is 1.91 bits per heavy atom. The fourth-order valence-electron chi connectivity index (χ4n) is 4.35. The van der Waals surface area contributed by atoms with Crippen molar-refractivity contribution in [2.24, 2.45) is 0 Å². The van der Waals surface area contributed by atoms with Crippen molar-refractivity contribution < 1.29 is 19.7 Å². The maximum absolute atomic E-state index is 8.97. The van der Waals surface area contributed by atoms with Crippen LogP contribution in [-0.2, 0) is 9.47 Å². The highest BCUT2D eigenvalue weighted by Crippen LogP contribution is 2.29. The molecular formula is C30H44O4. The van der Waals surface area contributed by atoms with Gasteiger partial charge in [-0.2, -0.15) is 0 Å². The molecule has 0 aromatic heterocycles. The fraction of sp³-hybridized carbons (Fsp3) is 0.533. The van der Waals surface area contributed by atoms with Gasteiger partial charge in [0.05, 0.1) is 26.4 Å². The monoisotopic (exact) mass is 468 g/mol. The molecular weight excluding hydrogens is 424 g/mol. The van der Waals surface area contributed by atoms with Gasteiger partial charge >= 0.3 is 0 Å². The summed E-state index contributed by atoms with van der Waals surface area (Å²) in [5.41, 5.74) is 4.23. The quantitative estimate of drug-likeness (QED) is 0.189. The molecule has 188 valence electrons. The van der Waals surface area contributed by atoms with Crippen LogP contribution in [0.25, 0.3) is 0 Å². The molecule has 0 aliphatic rings. The van der Waals surface area contributed by atoms with E-state index in [0.29, 0.717) is 31.7 Å². The molecule has 4 heteroatoms. The smallest absolute Gasteiger partial charge is 0.0697 e. The average molecular weight is 469 g/mol. The molecule has 0 aliphatic carbocycles. The van der Waals surface area contributed by atoms with Gasteiger partial charge in [0.2, 0.25) is 0 Å². The molecule has 2 aromatic carbocycles. The Labute approximate surface area is 206 Å². The van der Waals surface area contributed by atoms with E-state index < -0.39 is 0 Å². The van der Waals surface area contributed by atoms with Crippen molar-refractivity contribution in [1.82, 2.24) is 0 Å². The average Bonchev–Trinajstić information content (AvgIpc) is 2.88. The fourth-order valence-corrected chi connectivity index (χ4v) is 4.35. The molecule has 2 aromatic rings. The molecule has 0 fully saturated rings. The van der Waals surface area contributed by atoms with E-state index >= 15 is 0 Å². The first kappa shape index (κ1) is 28.3. The normalized spacial score (nSPS) is 13.7. The first-order chi connectivity index (χ1) is 16.7. The second-order valence-corrected chi connectivity index (χ2v) is 9.00. The number of ether oxygens (including phenoxy) is 2. The van der Waals surface area contributed by atoms with Crippen LogP contribution in [0.2, 0.25) is 0 Å². The summed E-state index contributed by atoms with van der Waals surface area (Å²) in [4.78, 5) is 0. The van der Waals surface area contributed by atoms with Crippen LogP contribution >= 0.6 is 0 Å². The Hall–Kier alpha value is -1.98. The second kappa shape index (κ2) is 18.4. The van der Waals surface area contributed by atoms with Crippen molar-refractivity contribution in [3.8, 4) is 0 Å². The zero-order valence-corrected chi connectivity index (χ0v) is 20.9. The van der Waals surface area contributed by atoms with E-state index in [9.17, 15) is 0 Å². The third-order valence-electron chi connectivity index (χ3n) is 6.35. The molecule has 2 atom stereocenters. The van der Waals surface area contributed by atoms with Crippen molar-refractivity contribution in [3.05, 3.63) is 83.4 Å². The lowest BCUT2D eigenvalue weighted by molar-refractivity contribution is 0.0870. The van der Waals surface area contributed by atoms with E-state index in [4.69, 9.17) is 19.7 Å². The van der Waals surface area contributed by atoms with Crippen LogP contribution in [-0.4, -0.2) is 49.9 Å². The van der Waals surface area contributed by atoms with Crippen LogP contribution in [0, 0.1) is 0 Å². The maximum Gasteiger partial charge on any atom is 0.0697 e. The summed E-state index contributed by atoms with van der Waals surface area (Å²) in [6.45, 7) is 4.68. The molecule has 0 radical (unpaired) electrons. The molecule has 2 N–H and O–H groups in total. The van der Waals surface area contributed by atoms with E-state index in [2.05, 4.69) is 73.7 Å². The first-order valence-corrected chi connectivity index (χ1v) is 12.9. The van der Waals surface area contributed by atoms with E-state index in [1.54, 1.807) is 0 Å². The number of rotatable bonds is 19. The summed E-state index contributed by atoms with van der Waals surface area (Å²) in [5.74, 6) is 0.984. The van der Waals surface area contributed by atoms with Gasteiger partial charge in [-0.25, -0.2) is 0 Å². The summed E-state index contributed by atoms with van der Waals surface area (Å²) < 4.78 is 11.0. The van der Waals surface area contributed by atoms with Crippen LogP contribution in [0.4, 0.5) is 0 Å². The number of aliphatic hydroxyl groups is 2. The zero-order chi connectivity index (χ0) is 24.3. The van der Waals surface area contributed by atoms with Crippen LogP contribution in [0.15, 0.2) is 72.3 Å². The van der Waals surface area contributed by atoms with E-state index in [1.165, 1.54) is 16.7 Å². The van der Waals surface area contributed by atoms with E-state index in [1.807, 2.05) is 0 Å². The predicted molar refractivity (Wildman–Crippen MR) is 140 cm³/mol. The zero-order valence-electron chi connectivity index (χ0n) is 20.9. The van der Waals surface area contributed by atoms with Crippen molar-refractivity contribution >= 4 is 0 Å². The highest BCUT2D eigenvalue weighted by Gasteiger charge is 2.13. The lowest BCUT2D eigenvalue weighted by Crippen LogP contribution is -2.07. The minimum absolute atomic E-state index is 0.0795. The lowest BCUT2D eigenvalue weighted by atomic mass is 9.88.